The zero-order valence-corrected chi connectivity index (χ0v) is 8.07. The molecule has 0 aliphatic heterocycles. The third-order valence-corrected chi connectivity index (χ3v) is 2.05. The number of aromatic nitrogens is 4. The first kappa shape index (κ1) is 8.80. The molecule has 0 unspecified atom stereocenters. The number of hydrogen-bond acceptors (Lipinski definition) is 3. The van der Waals surface area contributed by atoms with Gasteiger partial charge in [-0.1, -0.05) is 0 Å². The second-order valence-electron chi connectivity index (χ2n) is 3.12. The summed E-state index contributed by atoms with van der Waals surface area (Å²) in [5, 5.41) is 3.24. The van der Waals surface area contributed by atoms with Crippen LogP contribution in [0.5, 0.6) is 0 Å². The molecule has 0 aliphatic carbocycles. The second-order valence-corrected chi connectivity index (χ2v) is 3.12. The van der Waals surface area contributed by atoms with E-state index < -0.39 is 0 Å². The van der Waals surface area contributed by atoms with Crippen molar-refractivity contribution in [3.8, 4) is 0 Å². The lowest BCUT2D eigenvalue weighted by molar-refractivity contribution is 0.883. The normalized spacial score (nSPS) is 10.4. The molecule has 2 heterocycles. The third-order valence-electron chi connectivity index (χ3n) is 2.05. The molecule has 0 spiro atoms. The number of aryl methyl sites for hydroxylation is 1. The van der Waals surface area contributed by atoms with Crippen LogP contribution in [0.25, 0.3) is 0 Å². The minimum absolute atomic E-state index is 0.854. The fourth-order valence-electron chi connectivity index (χ4n) is 1.27. The fourth-order valence-corrected chi connectivity index (χ4v) is 1.27. The third kappa shape index (κ3) is 1.93. The van der Waals surface area contributed by atoms with Crippen molar-refractivity contribution in [2.24, 2.45) is 7.05 Å². The molecule has 0 atom stereocenters. The van der Waals surface area contributed by atoms with Gasteiger partial charge >= 0.3 is 0 Å². The van der Waals surface area contributed by atoms with Gasteiger partial charge < -0.3 is 14.9 Å². The predicted molar refractivity (Wildman–Crippen MR) is 54.0 cm³/mol. The van der Waals surface area contributed by atoms with Crippen LogP contribution >= 0.6 is 0 Å². The molecule has 0 radical (unpaired) electrons. The Morgan fingerprint density at radius 3 is 3.14 bits per heavy atom. The molecular formula is C9H13N5. The number of H-pyrrole nitrogens is 1. The summed E-state index contributed by atoms with van der Waals surface area (Å²) in [4.78, 5) is 11.2. The number of imidazole rings is 2. The van der Waals surface area contributed by atoms with Crippen LogP contribution in [0, 0.1) is 0 Å². The van der Waals surface area contributed by atoms with Gasteiger partial charge in [0.2, 0.25) is 5.95 Å². The van der Waals surface area contributed by atoms with Crippen LogP contribution < -0.4 is 5.32 Å². The maximum atomic E-state index is 4.16. The monoisotopic (exact) mass is 191 g/mol. The van der Waals surface area contributed by atoms with Crippen molar-refractivity contribution in [3.05, 3.63) is 30.6 Å². The van der Waals surface area contributed by atoms with Crippen LogP contribution in [-0.4, -0.2) is 26.1 Å². The van der Waals surface area contributed by atoms with E-state index in [0.717, 1.165) is 24.6 Å². The number of hydrogen-bond donors (Lipinski definition) is 2. The Bertz CT molecular complexity index is 376. The van der Waals surface area contributed by atoms with Gasteiger partial charge in [0.1, 0.15) is 0 Å². The lowest BCUT2D eigenvalue weighted by Gasteiger charge is -2.04. The summed E-state index contributed by atoms with van der Waals surface area (Å²) in [6.07, 6.45) is 8.14. The Kier molecular flexibility index (Phi) is 2.48. The highest BCUT2D eigenvalue weighted by molar-refractivity contribution is 5.25. The van der Waals surface area contributed by atoms with Gasteiger partial charge in [-0.25, -0.2) is 9.97 Å². The molecule has 2 N–H and O–H groups in total. The molecule has 0 bridgehead atoms. The fraction of sp³-hybridized carbons (Fsp3) is 0.333. The minimum Gasteiger partial charge on any atom is -0.355 e. The highest BCUT2D eigenvalue weighted by atomic mass is 15.2. The molecule has 74 valence electrons. The highest BCUT2D eigenvalue weighted by Gasteiger charge is 1.97. The standard InChI is InChI=1S/C9H13N5/c1-14-5-4-12-9(14)11-3-2-8-6-10-7-13-8/h4-7H,2-3H2,1H3,(H,10,13)(H,11,12). The smallest absolute Gasteiger partial charge is 0.202 e. The van der Waals surface area contributed by atoms with Crippen LogP contribution in [0.1, 0.15) is 5.69 Å². The molecule has 14 heavy (non-hydrogen) atoms. The molecule has 5 nitrogen and oxygen atoms in total. The molecule has 0 aromatic carbocycles. The van der Waals surface area contributed by atoms with E-state index in [4.69, 9.17) is 0 Å². The predicted octanol–water partition coefficient (Wildman–Crippen LogP) is 0.798. The first-order valence-electron chi connectivity index (χ1n) is 4.55. The minimum atomic E-state index is 0.854. The number of nitrogens with zero attached hydrogens (tertiary/aromatic N) is 3. The van der Waals surface area contributed by atoms with Crippen molar-refractivity contribution in [3.63, 3.8) is 0 Å². The topological polar surface area (TPSA) is 58.5 Å². The van der Waals surface area contributed by atoms with Gasteiger partial charge in [-0.3, -0.25) is 0 Å². The van der Waals surface area contributed by atoms with E-state index >= 15 is 0 Å². The van der Waals surface area contributed by atoms with Crippen LogP contribution in [0.15, 0.2) is 24.9 Å². The lowest BCUT2D eigenvalue weighted by Crippen LogP contribution is -2.08. The van der Waals surface area contributed by atoms with Gasteiger partial charge in [-0.15, -0.1) is 0 Å². The zero-order valence-electron chi connectivity index (χ0n) is 8.07. The summed E-state index contributed by atoms with van der Waals surface area (Å²) in [7, 11) is 1.96. The summed E-state index contributed by atoms with van der Waals surface area (Å²) in [5.74, 6) is 0.893. The van der Waals surface area contributed by atoms with Crippen LogP contribution in [-0.2, 0) is 13.5 Å². The number of anilines is 1. The molecule has 2 aromatic rings. The molecule has 0 saturated heterocycles. The molecule has 0 amide bonds. The zero-order chi connectivity index (χ0) is 9.80. The Morgan fingerprint density at radius 2 is 2.50 bits per heavy atom. The molecule has 0 aliphatic rings. The maximum absolute atomic E-state index is 4.16. The average molecular weight is 191 g/mol. The number of nitrogens with one attached hydrogen (secondary N) is 2. The SMILES string of the molecule is Cn1ccnc1NCCc1cnc[nH]1. The largest absolute Gasteiger partial charge is 0.355 e. The average Bonchev–Trinajstić information content (AvgIpc) is 2.78. The molecule has 2 rings (SSSR count). The van der Waals surface area contributed by atoms with Crippen molar-refractivity contribution in [1.82, 2.24) is 19.5 Å². The van der Waals surface area contributed by atoms with Crippen LogP contribution in [0.2, 0.25) is 0 Å². The Hall–Kier alpha value is -1.78. The molecular weight excluding hydrogens is 178 g/mol. The first-order valence-corrected chi connectivity index (χ1v) is 4.55. The first-order chi connectivity index (χ1) is 6.86. The van der Waals surface area contributed by atoms with Gasteiger partial charge in [0, 0.05) is 44.3 Å². The Labute approximate surface area is 82.2 Å². The van der Waals surface area contributed by atoms with E-state index in [1.807, 2.05) is 24.0 Å². The van der Waals surface area contributed by atoms with Crippen molar-refractivity contribution < 1.29 is 0 Å². The summed E-state index contributed by atoms with van der Waals surface area (Å²) in [6.45, 7) is 0.854. The summed E-state index contributed by atoms with van der Waals surface area (Å²) in [5.41, 5.74) is 1.13. The second kappa shape index (κ2) is 3.95. The van der Waals surface area contributed by atoms with Crippen LogP contribution in [0.3, 0.4) is 0 Å². The van der Waals surface area contributed by atoms with Crippen molar-refractivity contribution in [1.29, 1.82) is 0 Å². The van der Waals surface area contributed by atoms with Gasteiger partial charge in [-0.05, 0) is 0 Å². The van der Waals surface area contributed by atoms with Gasteiger partial charge in [-0.2, -0.15) is 0 Å². The molecule has 0 fully saturated rings. The van der Waals surface area contributed by atoms with E-state index in [2.05, 4.69) is 20.3 Å². The van der Waals surface area contributed by atoms with Crippen molar-refractivity contribution in [2.45, 2.75) is 6.42 Å². The van der Waals surface area contributed by atoms with Gasteiger partial charge in [0.25, 0.3) is 0 Å². The van der Waals surface area contributed by atoms with Crippen molar-refractivity contribution in [2.75, 3.05) is 11.9 Å². The van der Waals surface area contributed by atoms with Gasteiger partial charge in [0.15, 0.2) is 0 Å². The summed E-state index contributed by atoms with van der Waals surface area (Å²) < 4.78 is 1.95. The van der Waals surface area contributed by atoms with E-state index in [9.17, 15) is 0 Å². The summed E-state index contributed by atoms with van der Waals surface area (Å²) >= 11 is 0. The van der Waals surface area contributed by atoms with E-state index in [1.54, 1.807) is 12.5 Å². The Balaban J connectivity index is 1.81. The Morgan fingerprint density at radius 1 is 1.57 bits per heavy atom. The maximum Gasteiger partial charge on any atom is 0.202 e. The van der Waals surface area contributed by atoms with E-state index in [1.165, 1.54) is 0 Å². The van der Waals surface area contributed by atoms with Crippen molar-refractivity contribution >= 4 is 5.95 Å². The van der Waals surface area contributed by atoms with Gasteiger partial charge in [0.05, 0.1) is 6.33 Å². The van der Waals surface area contributed by atoms with E-state index in [0.29, 0.717) is 0 Å². The molecule has 0 saturated carbocycles. The lowest BCUT2D eigenvalue weighted by atomic mass is 10.3. The van der Waals surface area contributed by atoms with E-state index in [-0.39, 0.29) is 0 Å². The van der Waals surface area contributed by atoms with Crippen LogP contribution in [0.4, 0.5) is 5.95 Å². The summed E-state index contributed by atoms with van der Waals surface area (Å²) in [6, 6.07) is 0. The number of rotatable bonds is 4. The molecule has 2 aromatic heterocycles. The quantitative estimate of drug-likeness (QED) is 0.751. The molecule has 5 heteroatoms. The number of aromatic amines is 1. The highest BCUT2D eigenvalue weighted by Crippen LogP contribution is 2.01.